The molecular weight excluding hydrogens is 540 g/mol. The Labute approximate surface area is 256 Å². The molecular formula is C35H50N4O4. The molecule has 4 bridgehead atoms. The standard InChI is InChI=1S/C23H28N2O.C10H18N2O.C2H4O2/c26-22-13-19-11-12-20(14-22)25(19)21-15-24(16-21)23(17-7-3-1-4-8-17)18-9-5-2-6-10-18;13-10-3-7-1-2-8(4-10)12(7)9-5-11-6-9;1-2(3)4/h1-10,19-23,26H,11-16H2;7-11,13H,1-6H2;1H3,(H,3,4)/t19-,20+,22-;7-,8+,10-;. The van der Waals surface area contributed by atoms with E-state index in [1.54, 1.807) is 0 Å². The minimum atomic E-state index is -0.833. The summed E-state index contributed by atoms with van der Waals surface area (Å²) in [6.07, 6.45) is 9.11. The van der Waals surface area contributed by atoms with E-state index in [0.717, 1.165) is 51.7 Å². The van der Waals surface area contributed by atoms with Crippen LogP contribution in [0.5, 0.6) is 0 Å². The van der Waals surface area contributed by atoms with E-state index in [1.807, 2.05) is 0 Å². The fraction of sp³-hybridized carbons (Fsp3) is 0.629. The van der Waals surface area contributed by atoms with Gasteiger partial charge in [0.05, 0.1) is 18.2 Å². The van der Waals surface area contributed by atoms with Crippen molar-refractivity contribution in [1.82, 2.24) is 20.0 Å². The number of piperidine rings is 2. The number of hydrogen-bond acceptors (Lipinski definition) is 7. The second-order valence-corrected chi connectivity index (χ2v) is 13.6. The van der Waals surface area contributed by atoms with Crippen LogP contribution in [0.1, 0.15) is 75.5 Å². The number of nitrogens with one attached hydrogen (secondary N) is 1. The molecule has 2 aromatic rings. The second-order valence-electron chi connectivity index (χ2n) is 13.6. The van der Waals surface area contributed by atoms with Gasteiger partial charge in [-0.3, -0.25) is 19.5 Å². The molecule has 0 saturated carbocycles. The maximum Gasteiger partial charge on any atom is 0.300 e. The Balaban J connectivity index is 0.000000161. The molecule has 6 aliphatic rings. The van der Waals surface area contributed by atoms with E-state index in [9.17, 15) is 10.2 Å². The third-order valence-corrected chi connectivity index (χ3v) is 10.6. The lowest BCUT2D eigenvalue weighted by atomic mass is 9.90. The normalized spacial score (nSPS) is 32.7. The van der Waals surface area contributed by atoms with Crippen LogP contribution in [-0.2, 0) is 4.79 Å². The Morgan fingerprint density at radius 1 is 0.674 bits per heavy atom. The van der Waals surface area contributed by atoms with Gasteiger partial charge in [0.2, 0.25) is 0 Å². The second kappa shape index (κ2) is 13.8. The first-order chi connectivity index (χ1) is 20.9. The van der Waals surface area contributed by atoms with Crippen molar-refractivity contribution in [2.24, 2.45) is 0 Å². The van der Waals surface area contributed by atoms with Gasteiger partial charge in [-0.2, -0.15) is 0 Å². The van der Waals surface area contributed by atoms with Crippen LogP contribution in [0.15, 0.2) is 60.7 Å². The number of benzene rings is 2. The quantitative estimate of drug-likeness (QED) is 0.420. The fourth-order valence-corrected chi connectivity index (χ4v) is 8.82. The lowest BCUT2D eigenvalue weighted by molar-refractivity contribution is -0.134. The smallest absolute Gasteiger partial charge is 0.300 e. The fourth-order valence-electron chi connectivity index (χ4n) is 8.82. The van der Waals surface area contributed by atoms with Gasteiger partial charge in [0.25, 0.3) is 5.97 Å². The summed E-state index contributed by atoms with van der Waals surface area (Å²) in [5, 5.41) is 30.5. The van der Waals surface area contributed by atoms with E-state index < -0.39 is 5.97 Å². The third kappa shape index (κ3) is 7.00. The Hall–Kier alpha value is -2.33. The number of carbonyl (C=O) groups is 1. The van der Waals surface area contributed by atoms with E-state index in [2.05, 4.69) is 80.7 Å². The Kier molecular flexibility index (Phi) is 9.82. The van der Waals surface area contributed by atoms with Gasteiger partial charge in [-0.15, -0.1) is 0 Å². The summed E-state index contributed by atoms with van der Waals surface area (Å²) in [6, 6.07) is 26.2. The van der Waals surface area contributed by atoms with Crippen molar-refractivity contribution in [1.29, 1.82) is 0 Å². The number of carboxylic acids is 1. The zero-order chi connectivity index (χ0) is 29.9. The molecule has 6 atom stereocenters. The number of fused-ring (bicyclic) bond motifs is 4. The van der Waals surface area contributed by atoms with Crippen molar-refractivity contribution >= 4 is 5.97 Å². The molecule has 8 nitrogen and oxygen atoms in total. The molecule has 2 aromatic carbocycles. The molecule has 6 saturated heterocycles. The number of aliphatic hydroxyl groups excluding tert-OH is 2. The zero-order valence-electron chi connectivity index (χ0n) is 25.5. The molecule has 0 aliphatic carbocycles. The van der Waals surface area contributed by atoms with Crippen LogP contribution in [0.2, 0.25) is 0 Å². The molecule has 4 N–H and O–H groups in total. The van der Waals surface area contributed by atoms with Crippen molar-refractivity contribution in [2.75, 3.05) is 26.2 Å². The predicted molar refractivity (Wildman–Crippen MR) is 168 cm³/mol. The van der Waals surface area contributed by atoms with Gasteiger partial charge in [0.1, 0.15) is 0 Å². The van der Waals surface area contributed by atoms with Gasteiger partial charge in [0.15, 0.2) is 0 Å². The lowest BCUT2D eigenvalue weighted by Crippen LogP contribution is -2.64. The van der Waals surface area contributed by atoms with Crippen molar-refractivity contribution < 1.29 is 20.1 Å². The maximum atomic E-state index is 10.1. The van der Waals surface area contributed by atoms with E-state index in [4.69, 9.17) is 9.90 Å². The molecule has 6 fully saturated rings. The highest BCUT2D eigenvalue weighted by molar-refractivity contribution is 5.62. The lowest BCUT2D eigenvalue weighted by Gasteiger charge is -2.53. The summed E-state index contributed by atoms with van der Waals surface area (Å²) in [6.45, 7) is 5.70. The summed E-state index contributed by atoms with van der Waals surface area (Å²) in [5.41, 5.74) is 2.77. The monoisotopic (exact) mass is 590 g/mol. The molecule has 0 spiro atoms. The topological polar surface area (TPSA) is 99.5 Å². The first-order valence-electron chi connectivity index (χ1n) is 16.5. The largest absolute Gasteiger partial charge is 0.481 e. The van der Waals surface area contributed by atoms with E-state index in [-0.39, 0.29) is 12.2 Å². The molecule has 6 heterocycles. The number of aliphatic hydroxyl groups is 2. The highest BCUT2D eigenvalue weighted by Gasteiger charge is 2.48. The van der Waals surface area contributed by atoms with Gasteiger partial charge in [-0.25, -0.2) is 0 Å². The summed E-state index contributed by atoms with van der Waals surface area (Å²) in [7, 11) is 0. The zero-order valence-corrected chi connectivity index (χ0v) is 25.5. The number of hydrogen-bond donors (Lipinski definition) is 4. The Morgan fingerprint density at radius 2 is 1.05 bits per heavy atom. The highest BCUT2D eigenvalue weighted by Crippen LogP contribution is 2.42. The van der Waals surface area contributed by atoms with Crippen LogP contribution < -0.4 is 5.32 Å². The summed E-state index contributed by atoms with van der Waals surface area (Å²) < 4.78 is 0. The van der Waals surface area contributed by atoms with E-state index in [1.165, 1.54) is 49.9 Å². The summed E-state index contributed by atoms with van der Waals surface area (Å²) in [5.74, 6) is -0.833. The van der Waals surface area contributed by atoms with Crippen molar-refractivity contribution in [3.8, 4) is 0 Å². The molecule has 8 rings (SSSR count). The van der Waals surface area contributed by atoms with E-state index >= 15 is 0 Å². The Bertz CT molecular complexity index is 1100. The van der Waals surface area contributed by atoms with Gasteiger partial charge in [-0.05, 0) is 62.5 Å². The van der Waals surface area contributed by atoms with E-state index in [0.29, 0.717) is 36.3 Å². The van der Waals surface area contributed by atoms with Crippen molar-refractivity contribution in [3.63, 3.8) is 0 Å². The summed E-state index contributed by atoms with van der Waals surface area (Å²) >= 11 is 0. The van der Waals surface area contributed by atoms with Crippen molar-refractivity contribution in [3.05, 3.63) is 71.8 Å². The Morgan fingerprint density at radius 3 is 1.40 bits per heavy atom. The van der Waals surface area contributed by atoms with Gasteiger partial charge in [-0.1, -0.05) is 60.7 Å². The van der Waals surface area contributed by atoms with Crippen molar-refractivity contribution in [2.45, 2.75) is 113 Å². The minimum absolute atomic E-state index is 0.0122. The highest BCUT2D eigenvalue weighted by atomic mass is 16.4. The van der Waals surface area contributed by atoms with Crippen LogP contribution in [0.3, 0.4) is 0 Å². The molecule has 0 unspecified atom stereocenters. The van der Waals surface area contributed by atoms with Gasteiger partial charge < -0.3 is 20.6 Å². The molecule has 0 aromatic heterocycles. The third-order valence-electron chi connectivity index (χ3n) is 10.6. The first-order valence-corrected chi connectivity index (χ1v) is 16.5. The molecule has 0 radical (unpaired) electrons. The molecule has 234 valence electrons. The maximum absolute atomic E-state index is 10.1. The van der Waals surface area contributed by atoms with Crippen LogP contribution in [0.4, 0.5) is 0 Å². The molecule has 43 heavy (non-hydrogen) atoms. The number of likely N-dealkylation sites (tertiary alicyclic amines) is 1. The number of carboxylic acid groups (broad SMARTS) is 1. The van der Waals surface area contributed by atoms with Gasteiger partial charge >= 0.3 is 0 Å². The first kappa shape index (κ1) is 30.7. The number of aliphatic carboxylic acids is 1. The molecule has 8 heteroatoms. The summed E-state index contributed by atoms with van der Waals surface area (Å²) in [4.78, 5) is 17.1. The van der Waals surface area contributed by atoms with Gasteiger partial charge in [0, 0.05) is 69.4 Å². The van der Waals surface area contributed by atoms with Crippen LogP contribution in [0, 0.1) is 0 Å². The molecule has 0 amide bonds. The van der Waals surface area contributed by atoms with Crippen LogP contribution in [-0.4, -0.2) is 111 Å². The predicted octanol–water partition coefficient (Wildman–Crippen LogP) is 3.48. The minimum Gasteiger partial charge on any atom is -0.481 e. The average Bonchev–Trinajstić information content (AvgIpc) is 3.33. The number of rotatable bonds is 5. The van der Waals surface area contributed by atoms with Crippen LogP contribution in [0.25, 0.3) is 0 Å². The average molecular weight is 591 g/mol. The van der Waals surface area contributed by atoms with Crippen LogP contribution >= 0.6 is 0 Å². The molecule has 6 aliphatic heterocycles. The number of nitrogens with zero attached hydrogens (tertiary/aromatic N) is 3. The SMILES string of the molecule is CC(=O)O.O[C@@H]1C[C@H]2CC[C@@H](C1)N2C1CN(C(c2ccccc2)c2ccccc2)C1.O[C@@H]1C[C@H]2CC[C@@H](C1)N2C1CNC1.